The molecule has 2 aromatic rings. The van der Waals surface area contributed by atoms with Gasteiger partial charge >= 0.3 is 0 Å². The molecule has 0 saturated carbocycles. The summed E-state index contributed by atoms with van der Waals surface area (Å²) >= 11 is 5.69. The smallest absolute Gasteiger partial charge is 0.258 e. The number of nitrogens with two attached hydrogens (primary N) is 1. The maximum atomic E-state index is 11.8. The van der Waals surface area contributed by atoms with E-state index in [2.05, 4.69) is 20.7 Å². The van der Waals surface area contributed by atoms with E-state index in [4.69, 9.17) is 17.4 Å². The highest BCUT2D eigenvalue weighted by Crippen LogP contribution is 2.11. The largest absolute Gasteiger partial charge is 0.308 e. The summed E-state index contributed by atoms with van der Waals surface area (Å²) in [6.45, 7) is 0. The van der Waals surface area contributed by atoms with Crippen LogP contribution in [0.15, 0.2) is 36.7 Å². The second-order valence-electron chi connectivity index (χ2n) is 3.39. The molecule has 0 aliphatic carbocycles. The van der Waals surface area contributed by atoms with E-state index in [1.807, 2.05) is 0 Å². The molecule has 0 unspecified atom stereocenters. The van der Waals surface area contributed by atoms with Gasteiger partial charge in [-0.05, 0) is 24.3 Å². The number of pyridine rings is 2. The van der Waals surface area contributed by atoms with E-state index >= 15 is 0 Å². The van der Waals surface area contributed by atoms with Crippen LogP contribution in [-0.4, -0.2) is 15.9 Å². The Morgan fingerprint density at radius 1 is 1.11 bits per heavy atom. The average Bonchev–Trinajstić information content (AvgIpc) is 2.41. The van der Waals surface area contributed by atoms with Crippen LogP contribution in [0.4, 0.5) is 11.6 Å². The van der Waals surface area contributed by atoms with Crippen molar-refractivity contribution < 1.29 is 4.79 Å². The second-order valence-corrected chi connectivity index (χ2v) is 3.83. The lowest BCUT2D eigenvalue weighted by molar-refractivity contribution is 0.102. The Balaban J connectivity index is 2.09. The highest BCUT2D eigenvalue weighted by Gasteiger charge is 2.07. The molecule has 2 aromatic heterocycles. The van der Waals surface area contributed by atoms with Crippen LogP contribution < -0.4 is 16.6 Å². The molecule has 6 nitrogen and oxygen atoms in total. The first-order valence-corrected chi connectivity index (χ1v) is 5.42. The lowest BCUT2D eigenvalue weighted by atomic mass is 10.2. The fourth-order valence-corrected chi connectivity index (χ4v) is 1.36. The molecule has 0 radical (unpaired) electrons. The molecule has 4 N–H and O–H groups in total. The van der Waals surface area contributed by atoms with Crippen LogP contribution in [0.1, 0.15) is 10.4 Å². The maximum Gasteiger partial charge on any atom is 0.258 e. The molecule has 0 aromatic carbocycles. The number of aromatic nitrogens is 2. The molecule has 2 rings (SSSR count). The highest BCUT2D eigenvalue weighted by atomic mass is 35.5. The Morgan fingerprint density at radius 2 is 1.83 bits per heavy atom. The van der Waals surface area contributed by atoms with Gasteiger partial charge < -0.3 is 10.7 Å². The molecule has 1 amide bonds. The standard InChI is InChI=1S/C11H10ClN5O/c12-8-2-4-9(15-6-8)16-11(18)7-1-3-10(17-13)14-5-7/h1-6H,13H2,(H,14,17)(H,15,16,18). The summed E-state index contributed by atoms with van der Waals surface area (Å²) in [6.07, 6.45) is 2.87. The van der Waals surface area contributed by atoms with Crippen molar-refractivity contribution in [1.29, 1.82) is 0 Å². The first kappa shape index (κ1) is 12.3. The van der Waals surface area contributed by atoms with Crippen molar-refractivity contribution in [2.24, 2.45) is 5.84 Å². The Kier molecular flexibility index (Phi) is 3.71. The first-order valence-electron chi connectivity index (χ1n) is 5.04. The van der Waals surface area contributed by atoms with Crippen molar-refractivity contribution in [3.8, 4) is 0 Å². The topological polar surface area (TPSA) is 92.9 Å². The number of hydrogen-bond donors (Lipinski definition) is 3. The summed E-state index contributed by atoms with van der Waals surface area (Å²) in [5.74, 6) is 5.78. The van der Waals surface area contributed by atoms with Crippen molar-refractivity contribution in [2.75, 3.05) is 10.7 Å². The van der Waals surface area contributed by atoms with Crippen molar-refractivity contribution >= 4 is 29.1 Å². The van der Waals surface area contributed by atoms with Crippen molar-refractivity contribution in [2.45, 2.75) is 0 Å². The maximum absolute atomic E-state index is 11.8. The van der Waals surface area contributed by atoms with Crippen LogP contribution in [0, 0.1) is 0 Å². The number of amides is 1. The summed E-state index contributed by atoms with van der Waals surface area (Å²) in [7, 11) is 0. The number of carbonyl (C=O) groups is 1. The van der Waals surface area contributed by atoms with Gasteiger partial charge in [-0.15, -0.1) is 0 Å². The zero-order chi connectivity index (χ0) is 13.0. The van der Waals surface area contributed by atoms with Crippen LogP contribution in [0.25, 0.3) is 0 Å². The molecule has 92 valence electrons. The molecule has 0 saturated heterocycles. The monoisotopic (exact) mass is 263 g/mol. The van der Waals surface area contributed by atoms with Crippen LogP contribution in [0.3, 0.4) is 0 Å². The predicted octanol–water partition coefficient (Wildman–Crippen LogP) is 1.67. The van der Waals surface area contributed by atoms with Gasteiger partial charge in [-0.2, -0.15) is 0 Å². The first-order chi connectivity index (χ1) is 8.69. The summed E-state index contributed by atoms with van der Waals surface area (Å²) in [5.41, 5.74) is 2.79. The van der Waals surface area contributed by atoms with E-state index in [1.54, 1.807) is 24.3 Å². The summed E-state index contributed by atoms with van der Waals surface area (Å²) in [6, 6.07) is 6.46. The minimum absolute atomic E-state index is 0.305. The lowest BCUT2D eigenvalue weighted by Gasteiger charge is -2.04. The quantitative estimate of drug-likeness (QED) is 0.579. The fourth-order valence-electron chi connectivity index (χ4n) is 1.25. The molecule has 0 atom stereocenters. The number of nitrogens with one attached hydrogen (secondary N) is 2. The predicted molar refractivity (Wildman–Crippen MR) is 69.2 cm³/mol. The van der Waals surface area contributed by atoms with Gasteiger partial charge in [0.2, 0.25) is 0 Å². The summed E-state index contributed by atoms with van der Waals surface area (Å²) in [5, 5.41) is 3.13. The third-order valence-corrected chi connectivity index (χ3v) is 2.37. The van der Waals surface area contributed by atoms with E-state index in [1.165, 1.54) is 12.4 Å². The van der Waals surface area contributed by atoms with Gasteiger partial charge in [0.05, 0.1) is 10.6 Å². The summed E-state index contributed by atoms with van der Waals surface area (Å²) < 4.78 is 0. The van der Waals surface area contributed by atoms with Gasteiger partial charge in [0, 0.05) is 12.4 Å². The minimum atomic E-state index is -0.305. The molecule has 0 bridgehead atoms. The van der Waals surface area contributed by atoms with Crippen molar-refractivity contribution in [1.82, 2.24) is 9.97 Å². The van der Waals surface area contributed by atoms with Gasteiger partial charge in [-0.3, -0.25) is 4.79 Å². The minimum Gasteiger partial charge on any atom is -0.308 e. The number of nitrogen functional groups attached to an aromatic ring is 1. The Bertz CT molecular complexity index is 540. The van der Waals surface area contributed by atoms with Gasteiger partial charge in [0.1, 0.15) is 11.6 Å². The number of anilines is 2. The third kappa shape index (κ3) is 2.93. The molecule has 0 aliphatic heterocycles. The van der Waals surface area contributed by atoms with Crippen LogP contribution >= 0.6 is 11.6 Å². The lowest BCUT2D eigenvalue weighted by Crippen LogP contribution is -2.14. The number of carbonyl (C=O) groups excluding carboxylic acids is 1. The molecule has 0 aliphatic rings. The Hall–Kier alpha value is -2.18. The highest BCUT2D eigenvalue weighted by molar-refractivity contribution is 6.30. The van der Waals surface area contributed by atoms with Gasteiger partial charge in [0.25, 0.3) is 5.91 Å². The SMILES string of the molecule is NNc1ccc(C(=O)Nc2ccc(Cl)cn2)cn1. The normalized spacial score (nSPS) is 9.89. The van der Waals surface area contributed by atoms with Crippen molar-refractivity contribution in [3.63, 3.8) is 0 Å². The Morgan fingerprint density at radius 3 is 2.39 bits per heavy atom. The second kappa shape index (κ2) is 5.44. The third-order valence-electron chi connectivity index (χ3n) is 2.14. The zero-order valence-corrected chi connectivity index (χ0v) is 9.98. The Labute approximate surface area is 108 Å². The molecule has 2 heterocycles. The molecular weight excluding hydrogens is 254 g/mol. The molecule has 0 spiro atoms. The molecule has 0 fully saturated rings. The number of hydrazine groups is 1. The number of rotatable bonds is 3. The average molecular weight is 264 g/mol. The van der Waals surface area contributed by atoms with Crippen LogP contribution in [0.2, 0.25) is 5.02 Å². The number of halogens is 1. The van der Waals surface area contributed by atoms with E-state index in [-0.39, 0.29) is 5.91 Å². The van der Waals surface area contributed by atoms with Crippen molar-refractivity contribution in [3.05, 3.63) is 47.2 Å². The molecular formula is C11H10ClN5O. The van der Waals surface area contributed by atoms with E-state index in [9.17, 15) is 4.79 Å². The van der Waals surface area contributed by atoms with E-state index in [0.717, 1.165) is 0 Å². The van der Waals surface area contributed by atoms with E-state index in [0.29, 0.717) is 22.2 Å². The van der Waals surface area contributed by atoms with E-state index < -0.39 is 0 Å². The zero-order valence-electron chi connectivity index (χ0n) is 9.22. The fraction of sp³-hybridized carbons (Fsp3) is 0. The van der Waals surface area contributed by atoms with Gasteiger partial charge in [-0.25, -0.2) is 15.8 Å². The van der Waals surface area contributed by atoms with Crippen LogP contribution in [0.5, 0.6) is 0 Å². The number of hydrogen-bond acceptors (Lipinski definition) is 5. The molecule has 18 heavy (non-hydrogen) atoms. The summed E-state index contributed by atoms with van der Waals surface area (Å²) in [4.78, 5) is 19.7. The van der Waals surface area contributed by atoms with Gasteiger partial charge in [-0.1, -0.05) is 11.6 Å². The van der Waals surface area contributed by atoms with Gasteiger partial charge in [0.15, 0.2) is 0 Å². The number of nitrogens with zero attached hydrogens (tertiary/aromatic N) is 2. The molecule has 7 heteroatoms. The van der Waals surface area contributed by atoms with Crippen LogP contribution in [-0.2, 0) is 0 Å².